The molecule has 0 saturated carbocycles. The van der Waals surface area contributed by atoms with E-state index in [0.29, 0.717) is 11.5 Å². The number of nitrogens with one attached hydrogen (secondary N) is 2. The van der Waals surface area contributed by atoms with Gasteiger partial charge in [0.1, 0.15) is 0 Å². The third-order valence-corrected chi connectivity index (χ3v) is 4.55. The van der Waals surface area contributed by atoms with Gasteiger partial charge < -0.3 is 15.4 Å². The zero-order valence-electron chi connectivity index (χ0n) is 11.4. The van der Waals surface area contributed by atoms with Gasteiger partial charge in [-0.2, -0.15) is 0 Å². The van der Waals surface area contributed by atoms with Gasteiger partial charge in [-0.05, 0) is 44.1 Å². The highest BCUT2D eigenvalue weighted by Crippen LogP contribution is 2.30. The van der Waals surface area contributed by atoms with Crippen LogP contribution < -0.4 is 10.6 Å². The van der Waals surface area contributed by atoms with Crippen molar-refractivity contribution in [3.05, 3.63) is 0 Å². The minimum atomic E-state index is 0.450. The van der Waals surface area contributed by atoms with Gasteiger partial charge in [0.15, 0.2) is 0 Å². The molecule has 2 N–H and O–H groups in total. The largest absolute Gasteiger partial charge is 0.378 e. The van der Waals surface area contributed by atoms with E-state index in [9.17, 15) is 0 Å². The van der Waals surface area contributed by atoms with E-state index in [1.165, 1.54) is 45.3 Å². The van der Waals surface area contributed by atoms with Crippen molar-refractivity contribution in [2.24, 2.45) is 11.3 Å². The van der Waals surface area contributed by atoms with E-state index in [1.807, 2.05) is 0 Å². The normalized spacial score (nSPS) is 37.8. The maximum atomic E-state index is 5.61. The topological polar surface area (TPSA) is 33.3 Å². The SMILES string of the molecule is CCCC1(CNCC2CCOC2C)CCNC1. The average Bonchev–Trinajstić information content (AvgIpc) is 2.91. The van der Waals surface area contributed by atoms with Gasteiger partial charge in [-0.25, -0.2) is 0 Å². The Morgan fingerprint density at radius 2 is 2.35 bits per heavy atom. The second-order valence-electron chi connectivity index (χ2n) is 5.93. The molecule has 0 amide bonds. The second-order valence-corrected chi connectivity index (χ2v) is 5.93. The zero-order chi connectivity index (χ0) is 12.1. The van der Waals surface area contributed by atoms with Crippen molar-refractivity contribution in [1.29, 1.82) is 0 Å². The molecule has 0 bridgehead atoms. The van der Waals surface area contributed by atoms with E-state index in [4.69, 9.17) is 4.74 Å². The molecule has 3 unspecified atom stereocenters. The Labute approximate surface area is 106 Å². The molecule has 0 radical (unpaired) electrons. The van der Waals surface area contributed by atoms with Gasteiger partial charge in [0.05, 0.1) is 6.10 Å². The number of hydrogen-bond acceptors (Lipinski definition) is 3. The molecule has 17 heavy (non-hydrogen) atoms. The predicted octanol–water partition coefficient (Wildman–Crippen LogP) is 1.78. The zero-order valence-corrected chi connectivity index (χ0v) is 11.4. The van der Waals surface area contributed by atoms with Crippen LogP contribution in [-0.2, 0) is 4.74 Å². The highest BCUT2D eigenvalue weighted by atomic mass is 16.5. The number of hydrogen-bond donors (Lipinski definition) is 2. The quantitative estimate of drug-likeness (QED) is 0.742. The van der Waals surface area contributed by atoms with Gasteiger partial charge >= 0.3 is 0 Å². The molecule has 100 valence electrons. The number of rotatable bonds is 6. The molecule has 3 heteroatoms. The summed E-state index contributed by atoms with van der Waals surface area (Å²) in [5.41, 5.74) is 0.525. The van der Waals surface area contributed by atoms with Crippen molar-refractivity contribution in [3.8, 4) is 0 Å². The molecule has 0 aromatic carbocycles. The molecular weight excluding hydrogens is 212 g/mol. The van der Waals surface area contributed by atoms with Crippen molar-refractivity contribution in [2.75, 3.05) is 32.8 Å². The third-order valence-electron chi connectivity index (χ3n) is 4.55. The highest BCUT2D eigenvalue weighted by molar-refractivity contribution is 4.89. The van der Waals surface area contributed by atoms with Crippen molar-refractivity contribution >= 4 is 0 Å². The summed E-state index contributed by atoms with van der Waals surface area (Å²) in [7, 11) is 0. The lowest BCUT2D eigenvalue weighted by molar-refractivity contribution is 0.104. The van der Waals surface area contributed by atoms with Crippen LogP contribution >= 0.6 is 0 Å². The van der Waals surface area contributed by atoms with Crippen LogP contribution in [0.15, 0.2) is 0 Å². The summed E-state index contributed by atoms with van der Waals surface area (Å²) in [5.74, 6) is 0.725. The molecule has 2 aliphatic rings. The molecule has 3 nitrogen and oxygen atoms in total. The second kappa shape index (κ2) is 6.17. The monoisotopic (exact) mass is 240 g/mol. The average molecular weight is 240 g/mol. The molecule has 0 spiro atoms. The fraction of sp³-hybridized carbons (Fsp3) is 1.00. The maximum Gasteiger partial charge on any atom is 0.0588 e. The first-order valence-corrected chi connectivity index (χ1v) is 7.29. The van der Waals surface area contributed by atoms with Gasteiger partial charge in [-0.3, -0.25) is 0 Å². The molecule has 0 aromatic rings. The van der Waals surface area contributed by atoms with Gasteiger partial charge in [0.25, 0.3) is 0 Å². The smallest absolute Gasteiger partial charge is 0.0588 e. The van der Waals surface area contributed by atoms with Crippen LogP contribution in [0.5, 0.6) is 0 Å². The minimum Gasteiger partial charge on any atom is -0.378 e. The van der Waals surface area contributed by atoms with Crippen LogP contribution in [0.25, 0.3) is 0 Å². The molecule has 0 aromatic heterocycles. The van der Waals surface area contributed by atoms with E-state index < -0.39 is 0 Å². The lowest BCUT2D eigenvalue weighted by atomic mass is 9.82. The maximum absolute atomic E-state index is 5.61. The molecule has 3 atom stereocenters. The van der Waals surface area contributed by atoms with Crippen LogP contribution in [0.2, 0.25) is 0 Å². The summed E-state index contributed by atoms with van der Waals surface area (Å²) in [6, 6.07) is 0. The molecular formula is C14H28N2O. The molecule has 2 rings (SSSR count). The summed E-state index contributed by atoms with van der Waals surface area (Å²) < 4.78 is 5.61. The summed E-state index contributed by atoms with van der Waals surface area (Å²) in [4.78, 5) is 0. The minimum absolute atomic E-state index is 0.450. The fourth-order valence-corrected chi connectivity index (χ4v) is 3.35. The molecule has 2 heterocycles. The van der Waals surface area contributed by atoms with Crippen molar-refractivity contribution in [3.63, 3.8) is 0 Å². The standard InChI is InChI=1S/C14H28N2O/c1-3-5-14(6-7-15-10-14)11-16-9-13-4-8-17-12(13)2/h12-13,15-16H,3-11H2,1-2H3. The summed E-state index contributed by atoms with van der Waals surface area (Å²) in [6.45, 7) is 10.2. The third kappa shape index (κ3) is 3.43. The van der Waals surface area contributed by atoms with Crippen molar-refractivity contribution < 1.29 is 4.74 Å². The lowest BCUT2D eigenvalue weighted by Crippen LogP contribution is -2.39. The first kappa shape index (κ1) is 13.3. The van der Waals surface area contributed by atoms with E-state index in [-0.39, 0.29) is 0 Å². The first-order chi connectivity index (χ1) is 8.26. The van der Waals surface area contributed by atoms with E-state index in [0.717, 1.165) is 19.1 Å². The van der Waals surface area contributed by atoms with E-state index in [1.54, 1.807) is 0 Å². The number of ether oxygens (including phenoxy) is 1. The molecule has 2 aliphatic heterocycles. The fourth-order valence-electron chi connectivity index (χ4n) is 3.35. The Balaban J connectivity index is 1.72. The lowest BCUT2D eigenvalue weighted by Gasteiger charge is -2.29. The van der Waals surface area contributed by atoms with Gasteiger partial charge in [-0.15, -0.1) is 0 Å². The highest BCUT2D eigenvalue weighted by Gasteiger charge is 2.33. The van der Waals surface area contributed by atoms with Gasteiger partial charge in [-0.1, -0.05) is 13.3 Å². The summed E-state index contributed by atoms with van der Waals surface area (Å²) in [6.07, 6.45) is 5.67. The van der Waals surface area contributed by atoms with Crippen LogP contribution in [-0.4, -0.2) is 38.9 Å². The molecule has 2 saturated heterocycles. The summed E-state index contributed by atoms with van der Waals surface area (Å²) in [5, 5.41) is 7.23. The Bertz CT molecular complexity index is 226. The Kier molecular flexibility index (Phi) is 4.83. The van der Waals surface area contributed by atoms with Crippen LogP contribution in [0.1, 0.15) is 39.5 Å². The van der Waals surface area contributed by atoms with Crippen LogP contribution in [0, 0.1) is 11.3 Å². The predicted molar refractivity (Wildman–Crippen MR) is 71.2 cm³/mol. The van der Waals surface area contributed by atoms with Crippen molar-refractivity contribution in [1.82, 2.24) is 10.6 Å². The van der Waals surface area contributed by atoms with Crippen LogP contribution in [0.3, 0.4) is 0 Å². The first-order valence-electron chi connectivity index (χ1n) is 7.29. The van der Waals surface area contributed by atoms with Crippen LogP contribution in [0.4, 0.5) is 0 Å². The Hall–Kier alpha value is -0.120. The van der Waals surface area contributed by atoms with E-state index >= 15 is 0 Å². The molecule has 0 aliphatic carbocycles. The Morgan fingerprint density at radius 3 is 2.94 bits per heavy atom. The Morgan fingerprint density at radius 1 is 1.47 bits per heavy atom. The van der Waals surface area contributed by atoms with Gasteiger partial charge in [0.2, 0.25) is 0 Å². The van der Waals surface area contributed by atoms with Gasteiger partial charge in [0, 0.05) is 26.2 Å². The van der Waals surface area contributed by atoms with E-state index in [2.05, 4.69) is 24.5 Å². The van der Waals surface area contributed by atoms with Crippen molar-refractivity contribution in [2.45, 2.75) is 45.6 Å². The summed E-state index contributed by atoms with van der Waals surface area (Å²) >= 11 is 0. The molecule has 2 fully saturated rings.